The lowest BCUT2D eigenvalue weighted by Crippen LogP contribution is -2.47. The van der Waals surface area contributed by atoms with Crippen LogP contribution in [-0.2, 0) is 16.0 Å². The van der Waals surface area contributed by atoms with Crippen molar-refractivity contribution in [2.45, 2.75) is 37.5 Å². The van der Waals surface area contributed by atoms with Gasteiger partial charge in [-0.15, -0.1) is 0 Å². The number of hydrogen-bond acceptors (Lipinski definition) is 3. The molecule has 0 aromatic heterocycles. The predicted molar refractivity (Wildman–Crippen MR) is 70.3 cm³/mol. The van der Waals surface area contributed by atoms with Gasteiger partial charge in [-0.3, -0.25) is 0 Å². The summed E-state index contributed by atoms with van der Waals surface area (Å²) in [6.45, 7) is 2.68. The molecule has 1 N–H and O–H groups in total. The van der Waals surface area contributed by atoms with E-state index in [0.717, 1.165) is 38.0 Å². The van der Waals surface area contributed by atoms with Gasteiger partial charge in [0.2, 0.25) is 0 Å². The lowest BCUT2D eigenvalue weighted by molar-refractivity contribution is -0.0894. The van der Waals surface area contributed by atoms with Crippen LogP contribution in [0.15, 0.2) is 18.2 Å². The van der Waals surface area contributed by atoms with Crippen LogP contribution in [0.5, 0.6) is 0 Å². The van der Waals surface area contributed by atoms with Gasteiger partial charge in [0.25, 0.3) is 0 Å². The Labute approximate surface area is 117 Å². The zero-order valence-electron chi connectivity index (χ0n) is 11.3. The number of ether oxygens (including phenoxy) is 2. The summed E-state index contributed by atoms with van der Waals surface area (Å²) in [7, 11) is 0. The van der Waals surface area contributed by atoms with Crippen LogP contribution in [0.25, 0.3) is 0 Å². The smallest absolute Gasteiger partial charge is 0.159 e. The molecule has 2 fully saturated rings. The summed E-state index contributed by atoms with van der Waals surface area (Å²) in [6.07, 6.45) is 2.79. The molecule has 1 aromatic carbocycles. The van der Waals surface area contributed by atoms with Crippen LogP contribution in [0.1, 0.15) is 24.8 Å². The number of nitrogens with one attached hydrogen (secondary N) is 1. The molecule has 110 valence electrons. The molecule has 0 saturated carbocycles. The molecule has 3 rings (SSSR count). The Morgan fingerprint density at radius 3 is 2.90 bits per heavy atom. The second-order valence-electron chi connectivity index (χ2n) is 5.65. The molecule has 2 heterocycles. The summed E-state index contributed by atoms with van der Waals surface area (Å²) >= 11 is 0. The Balaban J connectivity index is 1.56. The molecule has 0 bridgehead atoms. The highest BCUT2D eigenvalue weighted by molar-refractivity contribution is 5.17. The standard InChI is InChI=1S/C15H19F2NO2/c16-13-2-1-11(7-14(13)17)9-18-12-3-5-20-15(8-12)4-6-19-10-15/h1-2,7,12,18H,3-6,8-10H2. The lowest BCUT2D eigenvalue weighted by atomic mass is 9.89. The van der Waals surface area contributed by atoms with Gasteiger partial charge in [0.1, 0.15) is 0 Å². The van der Waals surface area contributed by atoms with E-state index in [1.54, 1.807) is 6.07 Å². The second-order valence-corrected chi connectivity index (χ2v) is 5.65. The van der Waals surface area contributed by atoms with Crippen molar-refractivity contribution in [3.8, 4) is 0 Å². The van der Waals surface area contributed by atoms with Crippen molar-refractivity contribution >= 4 is 0 Å². The summed E-state index contributed by atoms with van der Waals surface area (Å²) in [5.74, 6) is -1.60. The topological polar surface area (TPSA) is 30.5 Å². The molecule has 3 nitrogen and oxygen atoms in total. The Bertz CT molecular complexity index is 475. The summed E-state index contributed by atoms with van der Waals surface area (Å²) in [4.78, 5) is 0. The summed E-state index contributed by atoms with van der Waals surface area (Å²) in [5, 5.41) is 3.41. The fraction of sp³-hybridized carbons (Fsp3) is 0.600. The minimum Gasteiger partial charge on any atom is -0.378 e. The van der Waals surface area contributed by atoms with Crippen LogP contribution in [0, 0.1) is 11.6 Å². The third-order valence-corrected chi connectivity index (χ3v) is 4.14. The Morgan fingerprint density at radius 2 is 2.15 bits per heavy atom. The Morgan fingerprint density at radius 1 is 1.25 bits per heavy atom. The molecule has 2 unspecified atom stereocenters. The van der Waals surface area contributed by atoms with Crippen molar-refractivity contribution in [2.24, 2.45) is 0 Å². The van der Waals surface area contributed by atoms with Gasteiger partial charge in [0.15, 0.2) is 11.6 Å². The first-order valence-electron chi connectivity index (χ1n) is 7.06. The van der Waals surface area contributed by atoms with Crippen molar-refractivity contribution < 1.29 is 18.3 Å². The molecule has 0 amide bonds. The highest BCUT2D eigenvalue weighted by Gasteiger charge is 2.40. The third-order valence-electron chi connectivity index (χ3n) is 4.14. The quantitative estimate of drug-likeness (QED) is 0.924. The minimum absolute atomic E-state index is 0.135. The molecule has 1 spiro atoms. The highest BCUT2D eigenvalue weighted by atomic mass is 19.2. The van der Waals surface area contributed by atoms with E-state index in [1.165, 1.54) is 12.1 Å². The van der Waals surface area contributed by atoms with E-state index in [4.69, 9.17) is 9.47 Å². The molecule has 2 saturated heterocycles. The molecular formula is C15H19F2NO2. The molecule has 1 aromatic rings. The van der Waals surface area contributed by atoms with Crippen molar-refractivity contribution in [3.63, 3.8) is 0 Å². The molecule has 2 aliphatic heterocycles. The van der Waals surface area contributed by atoms with Crippen molar-refractivity contribution in [3.05, 3.63) is 35.4 Å². The molecule has 20 heavy (non-hydrogen) atoms. The van der Waals surface area contributed by atoms with Gasteiger partial charge in [0, 0.05) is 32.2 Å². The fourth-order valence-electron chi connectivity index (χ4n) is 2.98. The van der Waals surface area contributed by atoms with E-state index >= 15 is 0 Å². The van der Waals surface area contributed by atoms with Crippen molar-refractivity contribution in [1.29, 1.82) is 0 Å². The van der Waals surface area contributed by atoms with E-state index in [1.807, 2.05) is 0 Å². The molecular weight excluding hydrogens is 264 g/mol. The Hall–Kier alpha value is -1.04. The largest absolute Gasteiger partial charge is 0.378 e. The van der Waals surface area contributed by atoms with Gasteiger partial charge in [0.05, 0.1) is 12.2 Å². The predicted octanol–water partition coefficient (Wildman–Crippen LogP) is 2.39. The molecule has 0 radical (unpaired) electrons. The summed E-state index contributed by atoms with van der Waals surface area (Å²) < 4.78 is 37.3. The average molecular weight is 283 g/mol. The zero-order valence-corrected chi connectivity index (χ0v) is 11.3. The van der Waals surface area contributed by atoms with Crippen molar-refractivity contribution in [2.75, 3.05) is 19.8 Å². The molecule has 5 heteroatoms. The first-order chi connectivity index (χ1) is 9.67. The molecule has 2 aliphatic rings. The highest BCUT2D eigenvalue weighted by Crippen LogP contribution is 2.32. The van der Waals surface area contributed by atoms with Gasteiger partial charge in [-0.2, -0.15) is 0 Å². The van der Waals surface area contributed by atoms with E-state index < -0.39 is 11.6 Å². The van der Waals surface area contributed by atoms with Crippen LogP contribution < -0.4 is 5.32 Å². The maximum Gasteiger partial charge on any atom is 0.159 e. The normalized spacial score (nSPS) is 30.0. The van der Waals surface area contributed by atoms with Crippen LogP contribution in [0.4, 0.5) is 8.78 Å². The monoisotopic (exact) mass is 283 g/mol. The average Bonchev–Trinajstić information content (AvgIpc) is 2.88. The number of hydrogen-bond donors (Lipinski definition) is 1. The number of benzene rings is 1. The molecule has 0 aliphatic carbocycles. The number of rotatable bonds is 3. The third kappa shape index (κ3) is 3.00. The Kier molecular flexibility index (Phi) is 4.01. The first kappa shape index (κ1) is 13.9. The maximum atomic E-state index is 13.1. The second kappa shape index (κ2) is 5.76. The SMILES string of the molecule is Fc1ccc(CNC2CCOC3(CCOC3)C2)cc1F. The fourth-order valence-corrected chi connectivity index (χ4v) is 2.98. The summed E-state index contributed by atoms with van der Waals surface area (Å²) in [5.41, 5.74) is 0.622. The lowest BCUT2D eigenvalue weighted by Gasteiger charge is -2.37. The van der Waals surface area contributed by atoms with Gasteiger partial charge in [-0.05, 0) is 30.5 Å². The van der Waals surface area contributed by atoms with Crippen LogP contribution >= 0.6 is 0 Å². The minimum atomic E-state index is -0.804. The molecule has 2 atom stereocenters. The van der Waals surface area contributed by atoms with E-state index in [-0.39, 0.29) is 5.60 Å². The van der Waals surface area contributed by atoms with E-state index in [9.17, 15) is 8.78 Å². The van der Waals surface area contributed by atoms with Gasteiger partial charge < -0.3 is 14.8 Å². The van der Waals surface area contributed by atoms with Crippen LogP contribution in [0.3, 0.4) is 0 Å². The summed E-state index contributed by atoms with van der Waals surface area (Å²) in [6, 6.07) is 4.36. The van der Waals surface area contributed by atoms with E-state index in [0.29, 0.717) is 19.2 Å². The van der Waals surface area contributed by atoms with Gasteiger partial charge in [-0.25, -0.2) is 8.78 Å². The van der Waals surface area contributed by atoms with E-state index in [2.05, 4.69) is 5.32 Å². The first-order valence-corrected chi connectivity index (χ1v) is 7.06. The van der Waals surface area contributed by atoms with Gasteiger partial charge >= 0.3 is 0 Å². The van der Waals surface area contributed by atoms with Crippen LogP contribution in [0.2, 0.25) is 0 Å². The van der Waals surface area contributed by atoms with Crippen LogP contribution in [-0.4, -0.2) is 31.5 Å². The van der Waals surface area contributed by atoms with Crippen molar-refractivity contribution in [1.82, 2.24) is 5.32 Å². The maximum absolute atomic E-state index is 13.1. The van der Waals surface area contributed by atoms with Gasteiger partial charge in [-0.1, -0.05) is 6.07 Å². The zero-order chi connectivity index (χ0) is 14.0. The number of halogens is 2.